The zero-order chi connectivity index (χ0) is 19.8. The first-order chi connectivity index (χ1) is 12.6. The number of sulfonamides is 1. The number of hydrogen-bond acceptors (Lipinski definition) is 6. The molecule has 0 fully saturated rings. The van der Waals surface area contributed by atoms with Crippen LogP contribution in [0.15, 0.2) is 40.7 Å². The number of nitrogens with zero attached hydrogens (tertiary/aromatic N) is 3. The van der Waals surface area contributed by atoms with Crippen molar-refractivity contribution in [2.45, 2.75) is 31.1 Å². The lowest BCUT2D eigenvalue weighted by Gasteiger charge is -2.13. The minimum atomic E-state index is -4.05. The van der Waals surface area contributed by atoms with Crippen molar-refractivity contribution in [3.63, 3.8) is 0 Å². The molecular formula is C17H20FN5O2S2. The molecule has 0 saturated heterocycles. The summed E-state index contributed by atoms with van der Waals surface area (Å²) < 4.78 is 43.1. The standard InChI is InChI=1S/C17H20FN5O2S2/c1-17(2,3)14-10-15(23(4)21-14)20-11-5-6-13(12(18)9-11)27(24,25)22-16-19-7-8-26-16/h5-10,20H,1-4H3,(H,19,22). The number of benzene rings is 1. The van der Waals surface area contributed by atoms with E-state index in [0.717, 1.165) is 23.1 Å². The Morgan fingerprint density at radius 3 is 2.52 bits per heavy atom. The lowest BCUT2D eigenvalue weighted by Crippen LogP contribution is -2.14. The van der Waals surface area contributed by atoms with Gasteiger partial charge in [-0.25, -0.2) is 17.8 Å². The molecule has 0 aliphatic heterocycles. The van der Waals surface area contributed by atoms with Gasteiger partial charge in [0.2, 0.25) is 0 Å². The summed E-state index contributed by atoms with van der Waals surface area (Å²) in [6, 6.07) is 5.74. The van der Waals surface area contributed by atoms with Gasteiger partial charge in [-0.3, -0.25) is 9.40 Å². The quantitative estimate of drug-likeness (QED) is 0.668. The third-order valence-electron chi connectivity index (χ3n) is 3.80. The maximum Gasteiger partial charge on any atom is 0.266 e. The fraction of sp³-hybridized carbons (Fsp3) is 0.294. The average molecular weight is 410 g/mol. The summed E-state index contributed by atoms with van der Waals surface area (Å²) >= 11 is 1.12. The topological polar surface area (TPSA) is 88.9 Å². The van der Waals surface area contributed by atoms with Gasteiger partial charge in [0.25, 0.3) is 10.0 Å². The first kappa shape index (κ1) is 19.3. The molecule has 27 heavy (non-hydrogen) atoms. The third-order valence-corrected chi connectivity index (χ3v) is 5.99. The van der Waals surface area contributed by atoms with Crippen LogP contribution < -0.4 is 10.0 Å². The first-order valence-corrected chi connectivity index (χ1v) is 10.5. The second-order valence-electron chi connectivity index (χ2n) is 7.00. The van der Waals surface area contributed by atoms with Crippen molar-refractivity contribution < 1.29 is 12.8 Å². The van der Waals surface area contributed by atoms with Crippen molar-refractivity contribution >= 4 is 38.0 Å². The van der Waals surface area contributed by atoms with Crippen molar-refractivity contribution in [2.75, 3.05) is 10.0 Å². The molecule has 0 amide bonds. The average Bonchev–Trinajstić information content (AvgIpc) is 3.16. The second-order valence-corrected chi connectivity index (χ2v) is 9.55. The van der Waals surface area contributed by atoms with Gasteiger partial charge in [0, 0.05) is 35.8 Å². The molecule has 0 aliphatic rings. The molecule has 2 aromatic heterocycles. The summed E-state index contributed by atoms with van der Waals surface area (Å²) in [6.45, 7) is 6.15. The molecule has 0 saturated carbocycles. The molecule has 0 spiro atoms. The Labute approximate surface area is 161 Å². The maximum atomic E-state index is 14.5. The molecule has 0 radical (unpaired) electrons. The second kappa shape index (κ2) is 6.93. The van der Waals surface area contributed by atoms with Crippen LogP contribution in [0, 0.1) is 5.82 Å². The molecule has 0 bridgehead atoms. The van der Waals surface area contributed by atoms with Gasteiger partial charge < -0.3 is 5.32 Å². The van der Waals surface area contributed by atoms with Gasteiger partial charge in [-0.05, 0) is 18.2 Å². The minimum absolute atomic E-state index is 0.123. The molecule has 0 unspecified atom stereocenters. The molecule has 0 atom stereocenters. The predicted octanol–water partition coefficient (Wildman–Crippen LogP) is 3.86. The molecule has 7 nitrogen and oxygen atoms in total. The highest BCUT2D eigenvalue weighted by Gasteiger charge is 2.22. The number of aromatic nitrogens is 3. The lowest BCUT2D eigenvalue weighted by molar-refractivity contribution is 0.553. The molecular weight excluding hydrogens is 389 g/mol. The summed E-state index contributed by atoms with van der Waals surface area (Å²) in [5, 5.41) is 9.32. The summed E-state index contributed by atoms with van der Waals surface area (Å²) in [5.41, 5.74) is 1.19. The molecule has 2 N–H and O–H groups in total. The van der Waals surface area contributed by atoms with Crippen LogP contribution in [0.3, 0.4) is 0 Å². The van der Waals surface area contributed by atoms with E-state index in [1.54, 1.807) is 17.1 Å². The van der Waals surface area contributed by atoms with Crippen LogP contribution >= 0.6 is 11.3 Å². The van der Waals surface area contributed by atoms with E-state index in [2.05, 4.69) is 20.1 Å². The van der Waals surface area contributed by atoms with Crippen LogP contribution in [0.4, 0.5) is 21.0 Å². The highest BCUT2D eigenvalue weighted by atomic mass is 32.2. The fourth-order valence-electron chi connectivity index (χ4n) is 2.34. The van der Waals surface area contributed by atoms with Crippen LogP contribution in [-0.2, 0) is 22.5 Å². The summed E-state index contributed by atoms with van der Waals surface area (Å²) in [6.07, 6.45) is 1.46. The smallest absolute Gasteiger partial charge is 0.266 e. The normalized spacial score (nSPS) is 12.2. The summed E-state index contributed by atoms with van der Waals surface area (Å²) in [7, 11) is -2.27. The Morgan fingerprint density at radius 1 is 1.22 bits per heavy atom. The number of anilines is 3. The van der Waals surface area contributed by atoms with Gasteiger partial charge in [-0.2, -0.15) is 5.10 Å². The molecule has 10 heteroatoms. The number of hydrogen-bond donors (Lipinski definition) is 2. The molecule has 1 aromatic carbocycles. The molecule has 144 valence electrons. The van der Waals surface area contributed by atoms with Crippen molar-refractivity contribution in [3.8, 4) is 0 Å². The largest absolute Gasteiger partial charge is 0.340 e. The van der Waals surface area contributed by atoms with Crippen molar-refractivity contribution in [1.29, 1.82) is 0 Å². The van der Waals surface area contributed by atoms with Crippen LogP contribution in [0.5, 0.6) is 0 Å². The van der Waals surface area contributed by atoms with Crippen molar-refractivity contribution in [3.05, 3.63) is 47.4 Å². The van der Waals surface area contributed by atoms with Crippen LogP contribution in [0.25, 0.3) is 0 Å². The Hall–Kier alpha value is -2.46. The SMILES string of the molecule is Cn1nc(C(C)(C)C)cc1Nc1ccc(S(=O)(=O)Nc2nccs2)c(F)c1. The lowest BCUT2D eigenvalue weighted by atomic mass is 9.92. The summed E-state index contributed by atoms with van der Waals surface area (Å²) in [4.78, 5) is 3.40. The number of thiazole rings is 1. The number of halogens is 1. The Morgan fingerprint density at radius 2 is 1.96 bits per heavy atom. The molecule has 3 rings (SSSR count). The van der Waals surface area contributed by atoms with Crippen molar-refractivity contribution in [1.82, 2.24) is 14.8 Å². The maximum absolute atomic E-state index is 14.5. The van der Waals surface area contributed by atoms with E-state index in [4.69, 9.17) is 0 Å². The predicted molar refractivity (Wildman–Crippen MR) is 105 cm³/mol. The van der Waals surface area contributed by atoms with Gasteiger partial charge in [-0.15, -0.1) is 11.3 Å². The zero-order valence-electron chi connectivity index (χ0n) is 15.3. The zero-order valence-corrected chi connectivity index (χ0v) is 16.9. The third kappa shape index (κ3) is 4.28. The van der Waals surface area contributed by atoms with Gasteiger partial charge in [0.1, 0.15) is 16.5 Å². The van der Waals surface area contributed by atoms with E-state index < -0.39 is 20.7 Å². The molecule has 3 aromatic rings. The van der Waals surface area contributed by atoms with Gasteiger partial charge in [-0.1, -0.05) is 20.8 Å². The highest BCUT2D eigenvalue weighted by Crippen LogP contribution is 2.27. The molecule has 2 heterocycles. The van der Waals surface area contributed by atoms with E-state index in [9.17, 15) is 12.8 Å². The van der Waals surface area contributed by atoms with Gasteiger partial charge in [0.05, 0.1) is 5.69 Å². The highest BCUT2D eigenvalue weighted by molar-refractivity contribution is 7.93. The van der Waals surface area contributed by atoms with E-state index in [1.807, 2.05) is 26.8 Å². The number of rotatable bonds is 5. The van der Waals surface area contributed by atoms with E-state index >= 15 is 0 Å². The Bertz CT molecular complexity index is 1050. The first-order valence-electron chi connectivity index (χ1n) is 8.10. The van der Waals surface area contributed by atoms with E-state index in [-0.39, 0.29) is 10.5 Å². The number of aryl methyl sites for hydroxylation is 1. The van der Waals surface area contributed by atoms with Gasteiger partial charge >= 0.3 is 0 Å². The van der Waals surface area contributed by atoms with Gasteiger partial charge in [0.15, 0.2) is 5.13 Å². The Kier molecular flexibility index (Phi) is 4.96. The number of nitrogens with one attached hydrogen (secondary N) is 2. The van der Waals surface area contributed by atoms with Crippen LogP contribution in [-0.4, -0.2) is 23.2 Å². The monoisotopic (exact) mass is 409 g/mol. The van der Waals surface area contributed by atoms with Crippen LogP contribution in [0.2, 0.25) is 0 Å². The Balaban J connectivity index is 1.84. The van der Waals surface area contributed by atoms with E-state index in [0.29, 0.717) is 11.5 Å². The van der Waals surface area contributed by atoms with E-state index in [1.165, 1.54) is 18.3 Å². The van der Waals surface area contributed by atoms with Crippen molar-refractivity contribution in [2.24, 2.45) is 7.05 Å². The summed E-state index contributed by atoms with van der Waals surface area (Å²) in [5.74, 6) is -0.182. The fourth-order valence-corrected chi connectivity index (χ4v) is 4.19. The molecule has 0 aliphatic carbocycles. The van der Waals surface area contributed by atoms with Crippen LogP contribution in [0.1, 0.15) is 26.5 Å². The minimum Gasteiger partial charge on any atom is -0.340 e.